The van der Waals surface area contributed by atoms with Gasteiger partial charge in [0.1, 0.15) is 5.75 Å². The minimum atomic E-state index is -4.60. The van der Waals surface area contributed by atoms with Crippen molar-refractivity contribution in [3.05, 3.63) is 60.2 Å². The van der Waals surface area contributed by atoms with Crippen LogP contribution >= 0.6 is 0 Å². The van der Waals surface area contributed by atoms with Gasteiger partial charge in [0.2, 0.25) is 5.91 Å². The lowest BCUT2D eigenvalue weighted by Gasteiger charge is -2.18. The number of alkyl halides is 3. The Balaban J connectivity index is 1.88. The molecule has 0 aromatic heterocycles. The van der Waals surface area contributed by atoms with Crippen molar-refractivity contribution in [3.63, 3.8) is 0 Å². The molecular weight excluding hydrogens is 397 g/mol. The van der Waals surface area contributed by atoms with Crippen molar-refractivity contribution in [2.24, 2.45) is 0 Å². The van der Waals surface area contributed by atoms with E-state index in [9.17, 15) is 26.4 Å². The van der Waals surface area contributed by atoms with Gasteiger partial charge in [0.25, 0.3) is 0 Å². The molecule has 0 bridgehead atoms. The van der Waals surface area contributed by atoms with Crippen molar-refractivity contribution in [1.82, 2.24) is 4.90 Å². The number of para-hydroxylation sites is 2. The van der Waals surface area contributed by atoms with E-state index in [1.165, 1.54) is 36.2 Å². The van der Waals surface area contributed by atoms with E-state index < -0.39 is 27.8 Å². The van der Waals surface area contributed by atoms with Gasteiger partial charge in [0.15, 0.2) is 0 Å². The minimum absolute atomic E-state index is 0.0382. The van der Waals surface area contributed by atoms with Gasteiger partial charge < -0.3 is 9.50 Å². The lowest BCUT2D eigenvalue weighted by atomic mass is 10.1. The first-order valence-electron chi connectivity index (χ1n) is 8.19. The van der Waals surface area contributed by atoms with Crippen LogP contribution in [0, 0.1) is 0 Å². The first kappa shape index (κ1) is 21.7. The van der Waals surface area contributed by atoms with Crippen LogP contribution in [0.15, 0.2) is 54.6 Å². The summed E-state index contributed by atoms with van der Waals surface area (Å²) in [5, 5.41) is 2.20. The Hall–Kier alpha value is -2.59. The first-order valence-corrected chi connectivity index (χ1v) is 9.76. The summed E-state index contributed by atoms with van der Waals surface area (Å²) >= 11 is 0. The Morgan fingerprint density at radius 1 is 1.07 bits per heavy atom. The van der Waals surface area contributed by atoms with Crippen LogP contribution in [0.25, 0.3) is 0 Å². The number of carbonyl (C=O) groups excluding carboxylic acids is 1. The number of benzene rings is 2. The largest absolute Gasteiger partial charge is 0.418 e. The lowest BCUT2D eigenvalue weighted by molar-refractivity contribution is -0.137. The number of nitrogens with zero attached hydrogens (tertiary/aromatic N) is 1. The molecule has 2 rings (SSSR count). The van der Waals surface area contributed by atoms with E-state index in [4.69, 9.17) is 4.18 Å². The third-order valence-corrected chi connectivity index (χ3v) is 4.74. The van der Waals surface area contributed by atoms with Crippen molar-refractivity contribution in [2.45, 2.75) is 6.18 Å². The predicted molar refractivity (Wildman–Crippen MR) is 98.4 cm³/mol. The van der Waals surface area contributed by atoms with Crippen LogP contribution in [0.1, 0.15) is 5.56 Å². The van der Waals surface area contributed by atoms with Gasteiger partial charge in [-0.3, -0.25) is 9.69 Å². The van der Waals surface area contributed by atoms with Gasteiger partial charge in [-0.1, -0.05) is 30.3 Å². The zero-order valence-corrected chi connectivity index (χ0v) is 15.8. The fraction of sp³-hybridized carbons (Fsp3) is 0.278. The second-order valence-electron chi connectivity index (χ2n) is 5.99. The third-order valence-electron chi connectivity index (χ3n) is 3.61. The molecule has 0 aliphatic rings. The van der Waals surface area contributed by atoms with Gasteiger partial charge in [-0.25, -0.2) is 0 Å². The number of hydrogen-bond donors (Lipinski definition) is 1. The van der Waals surface area contributed by atoms with Crippen LogP contribution in [0.5, 0.6) is 5.75 Å². The van der Waals surface area contributed by atoms with Crippen LogP contribution in [0.3, 0.4) is 0 Å². The van der Waals surface area contributed by atoms with Crippen LogP contribution < -0.4 is 9.50 Å². The molecule has 152 valence electrons. The van der Waals surface area contributed by atoms with E-state index in [0.29, 0.717) is 0 Å². The molecule has 1 N–H and O–H groups in total. The SMILES string of the molecule is CN(CCS(=O)(=O)Oc1ccccc1)CC(=O)Nc1ccccc1C(F)(F)F. The highest BCUT2D eigenvalue weighted by Gasteiger charge is 2.33. The topological polar surface area (TPSA) is 75.7 Å². The summed E-state index contributed by atoms with van der Waals surface area (Å²) < 4.78 is 67.7. The van der Waals surface area contributed by atoms with E-state index in [2.05, 4.69) is 5.32 Å². The summed E-state index contributed by atoms with van der Waals surface area (Å²) in [6, 6.07) is 12.6. The highest BCUT2D eigenvalue weighted by molar-refractivity contribution is 7.87. The molecule has 0 fully saturated rings. The maximum absolute atomic E-state index is 12.9. The summed E-state index contributed by atoms with van der Waals surface area (Å²) in [6.07, 6.45) is -4.60. The molecule has 28 heavy (non-hydrogen) atoms. The van der Waals surface area contributed by atoms with Crippen molar-refractivity contribution in [1.29, 1.82) is 0 Å². The Bertz CT molecular complexity index is 903. The van der Waals surface area contributed by atoms with E-state index in [1.54, 1.807) is 18.2 Å². The molecule has 1 amide bonds. The van der Waals surface area contributed by atoms with Crippen LogP contribution in [-0.4, -0.2) is 45.1 Å². The normalized spacial score (nSPS) is 12.0. The number of likely N-dealkylation sites (N-methyl/N-ethyl adjacent to an activating group) is 1. The molecule has 0 spiro atoms. The molecule has 2 aromatic rings. The Morgan fingerprint density at radius 3 is 2.32 bits per heavy atom. The molecule has 0 aliphatic heterocycles. The number of amides is 1. The summed E-state index contributed by atoms with van der Waals surface area (Å²) in [5.74, 6) is -0.905. The molecule has 0 unspecified atom stereocenters. The number of halogens is 3. The molecule has 0 radical (unpaired) electrons. The molecule has 10 heteroatoms. The van der Waals surface area contributed by atoms with E-state index in [-0.39, 0.29) is 30.3 Å². The number of rotatable bonds is 8. The molecule has 0 heterocycles. The molecule has 0 atom stereocenters. The Morgan fingerprint density at radius 2 is 1.68 bits per heavy atom. The fourth-order valence-electron chi connectivity index (χ4n) is 2.29. The zero-order valence-electron chi connectivity index (χ0n) is 14.9. The number of hydrogen-bond acceptors (Lipinski definition) is 5. The molecule has 2 aromatic carbocycles. The first-order chi connectivity index (χ1) is 13.1. The second-order valence-corrected chi connectivity index (χ2v) is 7.68. The minimum Gasteiger partial charge on any atom is -0.382 e. The third kappa shape index (κ3) is 6.86. The standard InChI is InChI=1S/C18H19F3N2O4S/c1-23(11-12-28(25,26)27-14-7-3-2-4-8-14)13-17(24)22-16-10-6-5-9-15(16)18(19,20)21/h2-10H,11-13H2,1H3,(H,22,24). The number of anilines is 1. The molecular formula is C18H19F3N2O4S. The maximum atomic E-state index is 12.9. The number of carbonyl (C=O) groups is 1. The monoisotopic (exact) mass is 416 g/mol. The van der Waals surface area contributed by atoms with Crippen LogP contribution in [0.2, 0.25) is 0 Å². The van der Waals surface area contributed by atoms with Gasteiger partial charge >= 0.3 is 16.3 Å². The summed E-state index contributed by atoms with van der Waals surface area (Å²) in [5.41, 5.74) is -1.31. The molecule has 0 aliphatic carbocycles. The second kappa shape index (κ2) is 9.07. The van der Waals surface area contributed by atoms with Crippen LogP contribution in [0.4, 0.5) is 18.9 Å². The van der Waals surface area contributed by atoms with Gasteiger partial charge in [-0.15, -0.1) is 0 Å². The Labute approximate surface area is 161 Å². The van der Waals surface area contributed by atoms with Crippen molar-refractivity contribution in [2.75, 3.05) is 31.2 Å². The van der Waals surface area contributed by atoms with E-state index >= 15 is 0 Å². The molecule has 6 nitrogen and oxygen atoms in total. The predicted octanol–water partition coefficient (Wildman–Crippen LogP) is 2.98. The lowest BCUT2D eigenvalue weighted by Crippen LogP contribution is -2.34. The van der Waals surface area contributed by atoms with Crippen molar-refractivity contribution in [3.8, 4) is 5.75 Å². The van der Waals surface area contributed by atoms with E-state index in [1.807, 2.05) is 0 Å². The summed E-state index contributed by atoms with van der Waals surface area (Å²) in [6.45, 7) is -0.323. The number of nitrogens with one attached hydrogen (secondary N) is 1. The molecule has 0 saturated heterocycles. The Kier molecular flexibility index (Phi) is 7.03. The highest BCUT2D eigenvalue weighted by Crippen LogP contribution is 2.34. The maximum Gasteiger partial charge on any atom is 0.418 e. The quantitative estimate of drug-likeness (QED) is 0.670. The van der Waals surface area contributed by atoms with E-state index in [0.717, 1.165) is 12.1 Å². The van der Waals surface area contributed by atoms with Crippen molar-refractivity contribution < 1.29 is 30.6 Å². The average Bonchev–Trinajstić information content (AvgIpc) is 2.60. The average molecular weight is 416 g/mol. The van der Waals surface area contributed by atoms with Crippen LogP contribution in [-0.2, 0) is 21.1 Å². The van der Waals surface area contributed by atoms with Gasteiger partial charge in [-0.05, 0) is 31.3 Å². The molecule has 0 saturated carbocycles. The zero-order chi connectivity index (χ0) is 20.8. The van der Waals surface area contributed by atoms with Gasteiger partial charge in [-0.2, -0.15) is 21.6 Å². The van der Waals surface area contributed by atoms with Crippen molar-refractivity contribution >= 4 is 21.7 Å². The smallest absolute Gasteiger partial charge is 0.382 e. The van der Waals surface area contributed by atoms with Gasteiger partial charge in [0.05, 0.1) is 23.5 Å². The highest BCUT2D eigenvalue weighted by atomic mass is 32.2. The summed E-state index contributed by atoms with van der Waals surface area (Å²) in [4.78, 5) is 13.4. The fourth-order valence-corrected chi connectivity index (χ4v) is 3.31. The summed E-state index contributed by atoms with van der Waals surface area (Å²) in [7, 11) is -2.39. The van der Waals surface area contributed by atoms with Gasteiger partial charge in [0, 0.05) is 6.54 Å².